The largest absolute Gasteiger partial charge is 0.423 e. The van der Waals surface area contributed by atoms with Gasteiger partial charge in [-0.05, 0) is 279 Å². The van der Waals surface area contributed by atoms with Gasteiger partial charge in [-0.3, -0.25) is 0 Å². The van der Waals surface area contributed by atoms with Crippen LogP contribution in [-0.2, 0) is 6.18 Å². The summed E-state index contributed by atoms with van der Waals surface area (Å²) in [5.74, 6) is -13.1. The summed E-state index contributed by atoms with van der Waals surface area (Å²) >= 11 is 0. The lowest BCUT2D eigenvalue weighted by molar-refractivity contribution is -0.253. The number of benzene rings is 10. The molecule has 0 bridgehead atoms. The molecule has 0 fully saturated rings. The molecule has 101 heavy (non-hydrogen) atoms. The Labute approximate surface area is 582 Å². The molecule has 0 aliphatic carbocycles. The summed E-state index contributed by atoms with van der Waals surface area (Å²) in [5.41, 5.74) is 16.8. The first-order chi connectivity index (χ1) is 46.8. The number of hydrogen-bond acceptors (Lipinski definition) is 2. The van der Waals surface area contributed by atoms with Crippen LogP contribution in [0.2, 0.25) is 0 Å². The SMILES string of the molecule is Cc1ccc(-c2c(F)c(F)c(F)c(F)c2F)cc1C.Cc1ccc(C(=O)Oc2ccccc2)cc1C.Cc1ccc(C(C(F)(F)F)C(F)(F)F)cc1C.Cc1ccc(C(F)(F)F)cc1C.Cc1ccc(C)c(C)c1.Cc1ccc(C)c(C)c1.Cc1ccc(F)cc1C.Cc1cccc(F)c1C. The molecule has 2 nitrogen and oxygen atoms in total. The van der Waals surface area contributed by atoms with E-state index < -0.39 is 70.2 Å². The number of carbonyl (C=O) groups is 1. The van der Waals surface area contributed by atoms with Gasteiger partial charge in [-0.1, -0.05) is 132 Å². The summed E-state index contributed by atoms with van der Waals surface area (Å²) in [7, 11) is 0. The quantitative estimate of drug-likeness (QED) is 0.0577. The second-order valence-electron chi connectivity index (χ2n) is 24.5. The zero-order valence-corrected chi connectivity index (χ0v) is 59.7. The fraction of sp³-hybridized carbons (Fsp3) is 0.265. The molecule has 0 aliphatic heterocycles. The number of carbonyl (C=O) groups excluding carboxylic acids is 1. The topological polar surface area (TPSA) is 26.3 Å². The maximum Gasteiger partial charge on any atom is 0.416 e. The number of alkyl halides is 9. The Morgan fingerprint density at radius 2 is 0.713 bits per heavy atom. The average Bonchev–Trinajstić information content (AvgIpc) is 0.782. The fourth-order valence-corrected chi connectivity index (χ4v) is 8.91. The van der Waals surface area contributed by atoms with Gasteiger partial charge in [0.15, 0.2) is 29.2 Å². The van der Waals surface area contributed by atoms with Gasteiger partial charge in [0, 0.05) is 0 Å². The van der Waals surface area contributed by atoms with Crippen LogP contribution in [0.15, 0.2) is 176 Å². The van der Waals surface area contributed by atoms with Crippen LogP contribution in [0.25, 0.3) is 11.1 Å². The monoisotopic (exact) mass is 1420 g/mol. The predicted octanol–water partition coefficient (Wildman–Crippen LogP) is 26.1. The van der Waals surface area contributed by atoms with Crippen molar-refractivity contribution in [2.24, 2.45) is 0 Å². The molecule has 0 aliphatic rings. The Morgan fingerprint density at radius 3 is 1.09 bits per heavy atom. The van der Waals surface area contributed by atoms with E-state index in [9.17, 15) is 75.0 Å². The van der Waals surface area contributed by atoms with E-state index in [0.717, 1.165) is 63.2 Å². The molecule has 10 aromatic rings. The van der Waals surface area contributed by atoms with E-state index in [1.54, 1.807) is 77.9 Å². The summed E-state index contributed by atoms with van der Waals surface area (Å²) in [5, 5.41) is 0. The van der Waals surface area contributed by atoms with Crippen molar-refractivity contribution in [3.05, 3.63) is 333 Å². The number of halogens is 16. The normalized spacial score (nSPS) is 10.8. The smallest absolute Gasteiger partial charge is 0.416 e. The van der Waals surface area contributed by atoms with Crippen molar-refractivity contribution in [3.8, 4) is 16.9 Å². The highest BCUT2D eigenvalue weighted by Crippen LogP contribution is 2.46. The molecule has 0 aromatic heterocycles. The molecule has 540 valence electrons. The summed E-state index contributed by atoms with van der Waals surface area (Å²) in [6.45, 7) is 34.3. The van der Waals surface area contributed by atoms with Crippen molar-refractivity contribution >= 4 is 5.97 Å². The van der Waals surface area contributed by atoms with Gasteiger partial charge in [-0.15, -0.1) is 0 Å². The minimum absolute atomic E-state index is 0.0455. The second-order valence-corrected chi connectivity index (χ2v) is 24.5. The molecule has 0 spiro atoms. The Balaban J connectivity index is 0.000000306. The number of aryl methyl sites for hydroxylation is 17. The summed E-state index contributed by atoms with van der Waals surface area (Å²) in [4.78, 5) is 11.9. The van der Waals surface area contributed by atoms with E-state index in [1.807, 2.05) is 71.0 Å². The lowest BCUT2D eigenvalue weighted by atomic mass is 9.94. The van der Waals surface area contributed by atoms with Gasteiger partial charge in [-0.25, -0.2) is 35.5 Å². The highest BCUT2D eigenvalue weighted by Gasteiger charge is 2.57. The van der Waals surface area contributed by atoms with Crippen LogP contribution in [-0.4, -0.2) is 18.3 Å². The first-order valence-corrected chi connectivity index (χ1v) is 31.6. The molecule has 10 rings (SSSR count). The van der Waals surface area contributed by atoms with Gasteiger partial charge >= 0.3 is 24.5 Å². The molecule has 0 radical (unpaired) electrons. The Morgan fingerprint density at radius 1 is 0.327 bits per heavy atom. The molecule has 0 N–H and O–H groups in total. The van der Waals surface area contributed by atoms with Gasteiger partial charge in [0.1, 0.15) is 17.4 Å². The molecule has 0 saturated heterocycles. The van der Waals surface area contributed by atoms with E-state index in [0.29, 0.717) is 33.6 Å². The summed E-state index contributed by atoms with van der Waals surface area (Å²) in [6, 6.07) is 48.6. The molecule has 18 heteroatoms. The van der Waals surface area contributed by atoms with Gasteiger partial charge in [0.05, 0.1) is 16.7 Å². The summed E-state index contributed by atoms with van der Waals surface area (Å²) in [6.07, 6.45) is -14.9. The van der Waals surface area contributed by atoms with Crippen LogP contribution in [0, 0.1) is 165 Å². The molecule has 0 saturated carbocycles. The lowest BCUT2D eigenvalue weighted by Crippen LogP contribution is -2.34. The van der Waals surface area contributed by atoms with E-state index in [2.05, 4.69) is 77.9 Å². The van der Waals surface area contributed by atoms with Crippen molar-refractivity contribution < 1.29 is 79.8 Å². The van der Waals surface area contributed by atoms with Crippen molar-refractivity contribution in [1.82, 2.24) is 0 Å². The number of ether oxygens (including phenoxy) is 1. The molecule has 0 unspecified atom stereocenters. The van der Waals surface area contributed by atoms with E-state index in [4.69, 9.17) is 4.74 Å². The fourth-order valence-electron chi connectivity index (χ4n) is 8.91. The second kappa shape index (κ2) is 38.4. The number of esters is 1. The van der Waals surface area contributed by atoms with Crippen molar-refractivity contribution in [3.63, 3.8) is 0 Å². The van der Waals surface area contributed by atoms with Crippen LogP contribution in [0.5, 0.6) is 5.75 Å². The van der Waals surface area contributed by atoms with Crippen LogP contribution in [0.4, 0.5) is 70.2 Å². The van der Waals surface area contributed by atoms with Crippen molar-refractivity contribution in [2.45, 2.75) is 149 Å². The zero-order valence-electron chi connectivity index (χ0n) is 59.7. The zero-order chi connectivity index (χ0) is 76.8. The van der Waals surface area contributed by atoms with Crippen molar-refractivity contribution in [1.29, 1.82) is 0 Å². The van der Waals surface area contributed by atoms with Crippen LogP contribution >= 0.6 is 0 Å². The minimum Gasteiger partial charge on any atom is -0.423 e. The van der Waals surface area contributed by atoms with Gasteiger partial charge < -0.3 is 4.74 Å². The van der Waals surface area contributed by atoms with Crippen molar-refractivity contribution in [2.75, 3.05) is 0 Å². The van der Waals surface area contributed by atoms with Crippen LogP contribution in [0.1, 0.15) is 128 Å². The van der Waals surface area contributed by atoms with Gasteiger partial charge in [0.25, 0.3) is 0 Å². The summed E-state index contributed by atoms with van der Waals surface area (Å²) < 4.78 is 207. The number of rotatable bonds is 4. The molecule has 0 atom stereocenters. The third-order valence-electron chi connectivity index (χ3n) is 16.4. The first kappa shape index (κ1) is 85.8. The van der Waals surface area contributed by atoms with Crippen LogP contribution in [0.3, 0.4) is 0 Å². The molecular formula is C83H84F16O2. The van der Waals surface area contributed by atoms with Gasteiger partial charge in [0.2, 0.25) is 5.82 Å². The van der Waals surface area contributed by atoms with E-state index in [1.165, 1.54) is 88.3 Å². The standard InChI is InChI=1S/C15H14O2.C14H9F5.C11H10F6.C9H9F3.2C9H12.2C8H9F/c1-11-8-9-13(10-12(11)2)15(16)17-14-6-4-3-5-7-14;1-6-3-4-8(5-7(6)2)9-10(15)12(17)14(19)13(18)11(9)16;1-6-3-4-8(5-7(6)2)9(10(12,13)14)11(15,16)17;1-6-3-4-8(5-7(6)2)9(10,11)12;2*1-7-4-5-8(2)9(3)6-7;1-6-3-4-8(9)5-7(6)2;1-6-4-3-5-8(9)7(6)2/h3-10H,1-2H3;3-5H,1-2H3;3-5,9H,1-2H3;3-5H,1-2H3;2*4-6H,1-3H3;2*3-5H,1-2H3. The maximum atomic E-state index is 13.6. The third-order valence-corrected chi connectivity index (χ3v) is 16.4. The molecule has 10 aromatic carbocycles. The Hall–Kier alpha value is -9.45. The Bertz CT molecular complexity index is 4190. The maximum absolute atomic E-state index is 13.6. The van der Waals surface area contributed by atoms with E-state index >= 15 is 0 Å². The predicted molar refractivity (Wildman–Crippen MR) is 373 cm³/mol. The third kappa shape index (κ3) is 27.2. The van der Waals surface area contributed by atoms with Gasteiger partial charge in [-0.2, -0.15) is 39.5 Å². The Kier molecular flexibility index (Phi) is 32.6. The molecule has 0 heterocycles. The molecular weight excluding hydrogens is 1330 g/mol. The minimum atomic E-state index is -5.33. The number of para-hydroxylation sites is 1. The van der Waals surface area contributed by atoms with E-state index in [-0.39, 0.29) is 23.2 Å². The van der Waals surface area contributed by atoms with Crippen LogP contribution < -0.4 is 4.74 Å². The molecule has 0 amide bonds. The average molecular weight is 1420 g/mol. The lowest BCUT2D eigenvalue weighted by Gasteiger charge is -2.23. The first-order valence-electron chi connectivity index (χ1n) is 31.6. The highest BCUT2D eigenvalue weighted by molar-refractivity contribution is 5.91. The highest BCUT2D eigenvalue weighted by atomic mass is 19.4. The number of hydrogen-bond donors (Lipinski definition) is 0.